The van der Waals surface area contributed by atoms with E-state index in [2.05, 4.69) is 43.5 Å². The van der Waals surface area contributed by atoms with Gasteiger partial charge in [-0.15, -0.1) is 0 Å². The normalized spacial score (nSPS) is 10.7. The predicted molar refractivity (Wildman–Crippen MR) is 75.4 cm³/mol. The lowest BCUT2D eigenvalue weighted by molar-refractivity contribution is -0.120. The van der Waals surface area contributed by atoms with Crippen LogP contribution in [0.4, 0.5) is 0 Å². The lowest BCUT2D eigenvalue weighted by Crippen LogP contribution is -2.34. The number of benzene rings is 1. The maximum Gasteiger partial charge on any atom is 0.234 e. The van der Waals surface area contributed by atoms with E-state index >= 15 is 0 Å². The lowest BCUT2D eigenvalue weighted by atomic mass is 10.1. The number of hydrogen-bond donors (Lipinski definition) is 2. The molecule has 0 heterocycles. The van der Waals surface area contributed by atoms with E-state index in [1.54, 1.807) is 0 Å². The summed E-state index contributed by atoms with van der Waals surface area (Å²) in [7, 11) is 0. The van der Waals surface area contributed by atoms with Crippen LogP contribution >= 0.6 is 0 Å². The van der Waals surface area contributed by atoms with Crippen LogP contribution < -0.4 is 10.6 Å². The second kappa shape index (κ2) is 7.88. The molecule has 0 bridgehead atoms. The Bertz CT molecular complexity index is 357. The van der Waals surface area contributed by atoms with Crippen molar-refractivity contribution in [1.82, 2.24) is 10.6 Å². The summed E-state index contributed by atoms with van der Waals surface area (Å²) >= 11 is 0. The fourth-order valence-electron chi connectivity index (χ4n) is 1.56. The van der Waals surface area contributed by atoms with Gasteiger partial charge < -0.3 is 10.6 Å². The molecule has 100 valence electrons. The van der Waals surface area contributed by atoms with E-state index in [4.69, 9.17) is 0 Å². The molecule has 0 radical (unpaired) electrons. The predicted octanol–water partition coefficient (Wildman–Crippen LogP) is 2.25. The second-order valence-electron chi connectivity index (χ2n) is 5.12. The Labute approximate surface area is 110 Å². The van der Waals surface area contributed by atoms with Gasteiger partial charge in [0.2, 0.25) is 5.91 Å². The second-order valence-corrected chi connectivity index (χ2v) is 5.12. The van der Waals surface area contributed by atoms with Crippen LogP contribution in [0.3, 0.4) is 0 Å². The molecule has 0 saturated heterocycles. The van der Waals surface area contributed by atoms with Crippen molar-refractivity contribution in [3.05, 3.63) is 35.4 Å². The molecule has 0 aliphatic heterocycles. The first kappa shape index (κ1) is 14.7. The summed E-state index contributed by atoms with van der Waals surface area (Å²) in [6.45, 7) is 8.32. The molecule has 0 aliphatic carbocycles. The summed E-state index contributed by atoms with van der Waals surface area (Å²) in [6, 6.07) is 8.20. The third-order valence-electron chi connectivity index (χ3n) is 2.79. The summed E-state index contributed by atoms with van der Waals surface area (Å²) in [5.41, 5.74) is 2.37. The van der Waals surface area contributed by atoms with Crippen LogP contribution in [0.1, 0.15) is 31.4 Å². The summed E-state index contributed by atoms with van der Waals surface area (Å²) in [4.78, 5) is 11.6. The van der Waals surface area contributed by atoms with Crippen molar-refractivity contribution in [2.75, 3.05) is 13.1 Å². The van der Waals surface area contributed by atoms with Gasteiger partial charge in [0.15, 0.2) is 0 Å². The van der Waals surface area contributed by atoms with Crippen molar-refractivity contribution >= 4 is 5.91 Å². The van der Waals surface area contributed by atoms with Crippen LogP contribution in [0.25, 0.3) is 0 Å². The van der Waals surface area contributed by atoms with Gasteiger partial charge in [0.05, 0.1) is 6.54 Å². The molecule has 3 heteroatoms. The molecule has 3 nitrogen and oxygen atoms in total. The number of aryl methyl sites for hydroxylation is 1. The number of carbonyl (C=O) groups is 1. The molecule has 2 N–H and O–H groups in total. The first-order chi connectivity index (χ1) is 8.58. The highest BCUT2D eigenvalue weighted by Crippen LogP contribution is 2.02. The van der Waals surface area contributed by atoms with Crippen LogP contribution in [0, 0.1) is 12.8 Å². The van der Waals surface area contributed by atoms with Crippen molar-refractivity contribution < 1.29 is 4.79 Å². The van der Waals surface area contributed by atoms with E-state index in [0.717, 1.165) is 18.5 Å². The first-order valence-corrected chi connectivity index (χ1v) is 6.61. The van der Waals surface area contributed by atoms with Crippen LogP contribution in [0.2, 0.25) is 0 Å². The molecule has 0 aliphatic rings. The average Bonchev–Trinajstić information content (AvgIpc) is 2.34. The summed E-state index contributed by atoms with van der Waals surface area (Å²) in [6.07, 6.45) is 1.10. The van der Waals surface area contributed by atoms with Crippen LogP contribution in [0.15, 0.2) is 24.3 Å². The van der Waals surface area contributed by atoms with Gasteiger partial charge in [-0.2, -0.15) is 0 Å². The fourth-order valence-corrected chi connectivity index (χ4v) is 1.56. The Morgan fingerprint density at radius 1 is 1.22 bits per heavy atom. The standard InChI is InChI=1S/C15H24N2O/c1-12(2)8-9-16-11-15(18)17-10-14-6-4-13(3)5-7-14/h4-7,12,16H,8-11H2,1-3H3,(H,17,18). The quantitative estimate of drug-likeness (QED) is 0.727. The van der Waals surface area contributed by atoms with Crippen molar-refractivity contribution in [2.24, 2.45) is 5.92 Å². The van der Waals surface area contributed by atoms with Crippen LogP contribution in [-0.2, 0) is 11.3 Å². The van der Waals surface area contributed by atoms with E-state index in [1.807, 2.05) is 12.1 Å². The van der Waals surface area contributed by atoms with Crippen LogP contribution in [-0.4, -0.2) is 19.0 Å². The fraction of sp³-hybridized carbons (Fsp3) is 0.533. The third-order valence-corrected chi connectivity index (χ3v) is 2.79. The van der Waals surface area contributed by atoms with Gasteiger partial charge in [-0.25, -0.2) is 0 Å². The molecule has 1 aromatic rings. The average molecular weight is 248 g/mol. The number of rotatable bonds is 7. The van der Waals surface area contributed by atoms with Crippen LogP contribution in [0.5, 0.6) is 0 Å². The zero-order valence-corrected chi connectivity index (χ0v) is 11.6. The van der Waals surface area contributed by atoms with Crippen molar-refractivity contribution in [3.63, 3.8) is 0 Å². The first-order valence-electron chi connectivity index (χ1n) is 6.61. The Morgan fingerprint density at radius 3 is 2.50 bits per heavy atom. The molecule has 0 unspecified atom stereocenters. The van der Waals surface area contributed by atoms with Gasteiger partial charge in [-0.05, 0) is 31.4 Å². The van der Waals surface area contributed by atoms with Crippen molar-refractivity contribution in [1.29, 1.82) is 0 Å². The molecular formula is C15H24N2O. The van der Waals surface area contributed by atoms with Gasteiger partial charge >= 0.3 is 0 Å². The minimum Gasteiger partial charge on any atom is -0.351 e. The molecule has 0 spiro atoms. The summed E-state index contributed by atoms with van der Waals surface area (Å²) < 4.78 is 0. The van der Waals surface area contributed by atoms with Gasteiger partial charge in [0.25, 0.3) is 0 Å². The zero-order chi connectivity index (χ0) is 13.4. The molecule has 0 fully saturated rings. The highest BCUT2D eigenvalue weighted by molar-refractivity contribution is 5.77. The Kier molecular flexibility index (Phi) is 6.44. The molecule has 1 aromatic carbocycles. The molecule has 0 atom stereocenters. The smallest absolute Gasteiger partial charge is 0.234 e. The molecule has 18 heavy (non-hydrogen) atoms. The monoisotopic (exact) mass is 248 g/mol. The molecular weight excluding hydrogens is 224 g/mol. The van der Waals surface area contributed by atoms with E-state index in [1.165, 1.54) is 5.56 Å². The van der Waals surface area contributed by atoms with Gasteiger partial charge in [-0.1, -0.05) is 43.7 Å². The summed E-state index contributed by atoms with van der Waals surface area (Å²) in [5.74, 6) is 0.729. The molecule has 0 aromatic heterocycles. The highest BCUT2D eigenvalue weighted by atomic mass is 16.1. The highest BCUT2D eigenvalue weighted by Gasteiger charge is 2.01. The van der Waals surface area contributed by atoms with Gasteiger partial charge in [0, 0.05) is 6.54 Å². The van der Waals surface area contributed by atoms with Gasteiger partial charge in [0.1, 0.15) is 0 Å². The van der Waals surface area contributed by atoms with E-state index < -0.39 is 0 Å². The van der Waals surface area contributed by atoms with Crippen molar-refractivity contribution in [2.45, 2.75) is 33.7 Å². The van der Waals surface area contributed by atoms with E-state index in [0.29, 0.717) is 19.0 Å². The Hall–Kier alpha value is -1.35. The molecule has 1 amide bonds. The largest absolute Gasteiger partial charge is 0.351 e. The molecule has 1 rings (SSSR count). The van der Waals surface area contributed by atoms with Gasteiger partial charge in [-0.3, -0.25) is 4.79 Å². The van der Waals surface area contributed by atoms with Crippen molar-refractivity contribution in [3.8, 4) is 0 Å². The molecule has 0 saturated carbocycles. The lowest BCUT2D eigenvalue weighted by Gasteiger charge is -2.08. The minimum absolute atomic E-state index is 0.0549. The SMILES string of the molecule is Cc1ccc(CNC(=O)CNCCC(C)C)cc1. The number of amides is 1. The maximum atomic E-state index is 11.6. The third kappa shape index (κ3) is 6.40. The number of carbonyl (C=O) groups excluding carboxylic acids is 1. The van der Waals surface area contributed by atoms with E-state index in [9.17, 15) is 4.79 Å². The maximum absolute atomic E-state index is 11.6. The summed E-state index contributed by atoms with van der Waals surface area (Å²) in [5, 5.41) is 6.05. The zero-order valence-electron chi connectivity index (χ0n) is 11.6. The van der Waals surface area contributed by atoms with E-state index in [-0.39, 0.29) is 5.91 Å². The topological polar surface area (TPSA) is 41.1 Å². The Balaban J connectivity index is 2.15. The minimum atomic E-state index is 0.0549. The number of nitrogens with one attached hydrogen (secondary N) is 2. The Morgan fingerprint density at radius 2 is 1.89 bits per heavy atom. The number of hydrogen-bond acceptors (Lipinski definition) is 2.